The highest BCUT2D eigenvalue weighted by Gasteiger charge is 2.18. The standard InChI is InChI=1S/C16H14BrFO2/c1-9-6-11(18)4-5-12(9)16(19)13-8-14(17)10(2)7-15(13)20-3/h4-8H,1-3H3. The normalized spacial score (nSPS) is 10.4. The van der Waals surface area contributed by atoms with Crippen molar-refractivity contribution in [2.24, 2.45) is 0 Å². The van der Waals surface area contributed by atoms with Gasteiger partial charge < -0.3 is 4.74 Å². The van der Waals surface area contributed by atoms with E-state index >= 15 is 0 Å². The van der Waals surface area contributed by atoms with Crippen LogP contribution in [0.5, 0.6) is 5.75 Å². The Morgan fingerprint density at radius 3 is 2.40 bits per heavy atom. The van der Waals surface area contributed by atoms with Crippen molar-refractivity contribution in [1.29, 1.82) is 0 Å². The van der Waals surface area contributed by atoms with Gasteiger partial charge in [0.1, 0.15) is 11.6 Å². The third kappa shape index (κ3) is 2.75. The number of hydrogen-bond donors (Lipinski definition) is 0. The van der Waals surface area contributed by atoms with E-state index in [9.17, 15) is 9.18 Å². The molecule has 0 unspecified atom stereocenters. The second-order valence-corrected chi connectivity index (χ2v) is 5.44. The summed E-state index contributed by atoms with van der Waals surface area (Å²) >= 11 is 3.41. The third-order valence-electron chi connectivity index (χ3n) is 3.16. The average molecular weight is 337 g/mol. The Kier molecular flexibility index (Phi) is 4.23. The predicted octanol–water partition coefficient (Wildman–Crippen LogP) is 4.44. The summed E-state index contributed by atoms with van der Waals surface area (Å²) < 4.78 is 19.2. The van der Waals surface area contributed by atoms with Crippen LogP contribution in [0.3, 0.4) is 0 Å². The Hall–Kier alpha value is -1.68. The molecule has 104 valence electrons. The molecule has 2 rings (SSSR count). The molecule has 2 nitrogen and oxygen atoms in total. The van der Waals surface area contributed by atoms with Gasteiger partial charge in [0.15, 0.2) is 5.78 Å². The van der Waals surface area contributed by atoms with Gasteiger partial charge >= 0.3 is 0 Å². The second kappa shape index (κ2) is 5.75. The van der Waals surface area contributed by atoms with Gasteiger partial charge in [0.25, 0.3) is 0 Å². The lowest BCUT2D eigenvalue weighted by Crippen LogP contribution is -2.07. The van der Waals surface area contributed by atoms with E-state index in [1.54, 1.807) is 19.1 Å². The fraction of sp³-hybridized carbons (Fsp3) is 0.188. The number of methoxy groups -OCH3 is 1. The molecule has 0 aromatic heterocycles. The van der Waals surface area contributed by atoms with Crippen LogP contribution in [0.1, 0.15) is 27.0 Å². The molecule has 0 aliphatic carbocycles. The maximum Gasteiger partial charge on any atom is 0.197 e. The minimum atomic E-state index is -0.351. The quantitative estimate of drug-likeness (QED) is 0.774. The van der Waals surface area contributed by atoms with Crippen LogP contribution in [0.4, 0.5) is 4.39 Å². The van der Waals surface area contributed by atoms with Crippen molar-refractivity contribution in [3.63, 3.8) is 0 Å². The molecule has 0 spiro atoms. The van der Waals surface area contributed by atoms with E-state index in [2.05, 4.69) is 15.9 Å². The minimum absolute atomic E-state index is 0.181. The summed E-state index contributed by atoms with van der Waals surface area (Å²) in [7, 11) is 1.52. The van der Waals surface area contributed by atoms with Gasteiger partial charge in [0.05, 0.1) is 12.7 Å². The molecular formula is C16H14BrFO2. The summed E-state index contributed by atoms with van der Waals surface area (Å²) in [5, 5.41) is 0. The molecule has 20 heavy (non-hydrogen) atoms. The number of aryl methyl sites for hydroxylation is 2. The largest absolute Gasteiger partial charge is 0.496 e. The molecule has 0 saturated carbocycles. The lowest BCUT2D eigenvalue weighted by atomic mass is 9.97. The van der Waals surface area contributed by atoms with E-state index in [1.165, 1.54) is 25.3 Å². The summed E-state index contributed by atoms with van der Waals surface area (Å²) in [5.74, 6) is -0.0180. The number of benzene rings is 2. The van der Waals surface area contributed by atoms with E-state index in [0.29, 0.717) is 22.4 Å². The van der Waals surface area contributed by atoms with E-state index in [1.807, 2.05) is 6.92 Å². The van der Waals surface area contributed by atoms with Crippen LogP contribution in [0.25, 0.3) is 0 Å². The lowest BCUT2D eigenvalue weighted by Gasteiger charge is -2.11. The van der Waals surface area contributed by atoms with Crippen LogP contribution in [0.15, 0.2) is 34.8 Å². The number of hydrogen-bond acceptors (Lipinski definition) is 2. The van der Waals surface area contributed by atoms with Crippen molar-refractivity contribution in [3.05, 3.63) is 62.9 Å². The van der Waals surface area contributed by atoms with Crippen molar-refractivity contribution in [2.45, 2.75) is 13.8 Å². The fourth-order valence-electron chi connectivity index (χ4n) is 2.03. The monoisotopic (exact) mass is 336 g/mol. The molecule has 0 amide bonds. The summed E-state index contributed by atoms with van der Waals surface area (Å²) in [6, 6.07) is 7.68. The van der Waals surface area contributed by atoms with E-state index < -0.39 is 0 Å². The van der Waals surface area contributed by atoms with Crippen molar-refractivity contribution >= 4 is 21.7 Å². The molecule has 0 atom stereocenters. The molecule has 0 N–H and O–H groups in total. The molecule has 0 bridgehead atoms. The maximum absolute atomic E-state index is 13.1. The van der Waals surface area contributed by atoms with Crippen molar-refractivity contribution < 1.29 is 13.9 Å². The van der Waals surface area contributed by atoms with Crippen molar-refractivity contribution in [2.75, 3.05) is 7.11 Å². The Balaban J connectivity index is 2.55. The fourth-order valence-corrected chi connectivity index (χ4v) is 2.37. The van der Waals surface area contributed by atoms with Crippen LogP contribution in [-0.4, -0.2) is 12.9 Å². The van der Waals surface area contributed by atoms with Gasteiger partial charge in [-0.2, -0.15) is 0 Å². The second-order valence-electron chi connectivity index (χ2n) is 4.59. The van der Waals surface area contributed by atoms with Gasteiger partial charge in [0, 0.05) is 10.0 Å². The zero-order chi connectivity index (χ0) is 14.9. The van der Waals surface area contributed by atoms with Crippen LogP contribution in [-0.2, 0) is 0 Å². The number of halogens is 2. The summed E-state index contributed by atoms with van der Waals surface area (Å²) in [5.41, 5.74) is 2.52. The number of carbonyl (C=O) groups excluding carboxylic acids is 1. The Labute approximate surface area is 125 Å². The zero-order valence-corrected chi connectivity index (χ0v) is 13.0. The van der Waals surface area contributed by atoms with Crippen LogP contribution in [0.2, 0.25) is 0 Å². The first kappa shape index (κ1) is 14.7. The van der Waals surface area contributed by atoms with E-state index in [-0.39, 0.29) is 11.6 Å². The van der Waals surface area contributed by atoms with Gasteiger partial charge in [0.2, 0.25) is 0 Å². The first-order valence-electron chi connectivity index (χ1n) is 6.09. The summed E-state index contributed by atoms with van der Waals surface area (Å²) in [4.78, 5) is 12.6. The summed E-state index contributed by atoms with van der Waals surface area (Å²) in [6.07, 6.45) is 0. The maximum atomic E-state index is 13.1. The Bertz CT molecular complexity index is 680. The van der Waals surface area contributed by atoms with Gasteiger partial charge in [-0.25, -0.2) is 4.39 Å². The molecule has 2 aromatic carbocycles. The molecule has 0 aliphatic heterocycles. The Morgan fingerprint density at radius 1 is 1.10 bits per heavy atom. The summed E-state index contributed by atoms with van der Waals surface area (Å²) in [6.45, 7) is 3.63. The highest BCUT2D eigenvalue weighted by atomic mass is 79.9. The molecule has 0 saturated heterocycles. The van der Waals surface area contributed by atoms with Gasteiger partial charge in [-0.3, -0.25) is 4.79 Å². The van der Waals surface area contributed by atoms with Gasteiger partial charge in [-0.1, -0.05) is 15.9 Å². The van der Waals surface area contributed by atoms with Crippen molar-refractivity contribution in [3.8, 4) is 5.75 Å². The van der Waals surface area contributed by atoms with Crippen LogP contribution >= 0.6 is 15.9 Å². The smallest absolute Gasteiger partial charge is 0.197 e. The highest BCUT2D eigenvalue weighted by molar-refractivity contribution is 9.10. The van der Waals surface area contributed by atoms with E-state index in [4.69, 9.17) is 4.74 Å². The van der Waals surface area contributed by atoms with Crippen LogP contribution in [0, 0.1) is 19.7 Å². The molecule has 4 heteroatoms. The topological polar surface area (TPSA) is 26.3 Å². The highest BCUT2D eigenvalue weighted by Crippen LogP contribution is 2.29. The van der Waals surface area contributed by atoms with Gasteiger partial charge in [-0.05, 0) is 55.3 Å². The number of ketones is 1. The van der Waals surface area contributed by atoms with Gasteiger partial charge in [-0.15, -0.1) is 0 Å². The van der Waals surface area contributed by atoms with Crippen LogP contribution < -0.4 is 4.74 Å². The number of carbonyl (C=O) groups is 1. The molecule has 2 aromatic rings. The molecule has 0 heterocycles. The zero-order valence-electron chi connectivity index (χ0n) is 11.5. The molecule has 0 radical (unpaired) electrons. The Morgan fingerprint density at radius 2 is 1.80 bits per heavy atom. The first-order chi connectivity index (χ1) is 9.43. The van der Waals surface area contributed by atoms with E-state index in [0.717, 1.165) is 10.0 Å². The average Bonchev–Trinajstić information content (AvgIpc) is 2.40. The molecular weight excluding hydrogens is 323 g/mol. The predicted molar refractivity (Wildman–Crippen MR) is 80.0 cm³/mol. The molecule has 0 fully saturated rings. The third-order valence-corrected chi connectivity index (χ3v) is 4.01. The lowest BCUT2D eigenvalue weighted by molar-refractivity contribution is 0.103. The SMILES string of the molecule is COc1cc(C)c(Br)cc1C(=O)c1ccc(F)cc1C. The minimum Gasteiger partial charge on any atom is -0.496 e. The van der Waals surface area contributed by atoms with Crippen molar-refractivity contribution in [1.82, 2.24) is 0 Å². The number of rotatable bonds is 3. The first-order valence-corrected chi connectivity index (χ1v) is 6.88. The molecule has 0 aliphatic rings. The number of ether oxygens (including phenoxy) is 1.